The molecule has 2 aliphatic heterocycles. The van der Waals surface area contributed by atoms with Crippen molar-refractivity contribution < 1.29 is 14.7 Å². The summed E-state index contributed by atoms with van der Waals surface area (Å²) in [6, 6.07) is 12.0. The molecule has 0 spiro atoms. The third-order valence-corrected chi connectivity index (χ3v) is 10.9. The molecule has 3 N–H and O–H groups in total. The van der Waals surface area contributed by atoms with E-state index in [9.17, 15) is 9.59 Å². The van der Waals surface area contributed by atoms with Crippen LogP contribution in [0.3, 0.4) is 0 Å². The van der Waals surface area contributed by atoms with Gasteiger partial charge in [0, 0.05) is 111 Å². The van der Waals surface area contributed by atoms with Crippen molar-refractivity contribution in [3.8, 4) is 11.9 Å². The van der Waals surface area contributed by atoms with Crippen LogP contribution >= 0.6 is 11.6 Å². The molecule has 2 saturated heterocycles. The fourth-order valence-electron chi connectivity index (χ4n) is 7.59. The number of rotatable bonds is 16. The van der Waals surface area contributed by atoms with Crippen LogP contribution in [-0.4, -0.2) is 101 Å². The van der Waals surface area contributed by atoms with E-state index in [2.05, 4.69) is 40.4 Å². The van der Waals surface area contributed by atoms with Crippen LogP contribution in [-0.2, 0) is 16.0 Å². The summed E-state index contributed by atoms with van der Waals surface area (Å²) in [6.45, 7) is 7.21. The second-order valence-corrected chi connectivity index (χ2v) is 15.7. The van der Waals surface area contributed by atoms with E-state index in [-0.39, 0.29) is 30.5 Å². The molecule has 15 nitrogen and oxygen atoms in total. The largest absolute Gasteiger partial charge is 0.396 e. The summed E-state index contributed by atoms with van der Waals surface area (Å²) >= 11 is 5.93. The fraction of sp³-hybridized carbons (Fsp3) is 0.488. The maximum atomic E-state index is 12.6. The molecular formula is C43H57ClN12O3. The topological polar surface area (TPSA) is 172 Å². The molecule has 2 atom stereocenters. The van der Waals surface area contributed by atoms with Gasteiger partial charge in [0.05, 0.1) is 0 Å². The molecule has 2 unspecified atom stereocenters. The van der Waals surface area contributed by atoms with Crippen molar-refractivity contribution in [2.24, 2.45) is 0 Å². The number of imidazole rings is 2. The number of nitrogens with zero attached hydrogens (tertiary/aromatic N) is 10. The number of anilines is 2. The molecule has 0 bridgehead atoms. The number of unbranched alkanes of at least 4 members (excludes halogenated alkanes) is 2. The molecule has 0 aliphatic carbocycles. The lowest BCUT2D eigenvalue weighted by molar-refractivity contribution is -0.122. The highest BCUT2D eigenvalue weighted by Crippen LogP contribution is 2.28. The van der Waals surface area contributed by atoms with Gasteiger partial charge in [-0.1, -0.05) is 23.7 Å². The Kier molecular flexibility index (Phi) is 16.2. The van der Waals surface area contributed by atoms with Crippen molar-refractivity contribution in [3.63, 3.8) is 0 Å². The smallest absolute Gasteiger partial charge is 0.237 e. The van der Waals surface area contributed by atoms with Crippen LogP contribution in [0.1, 0.15) is 87.6 Å². The van der Waals surface area contributed by atoms with E-state index >= 15 is 0 Å². The third-order valence-electron chi connectivity index (χ3n) is 10.6. The summed E-state index contributed by atoms with van der Waals surface area (Å²) in [4.78, 5) is 56.3. The van der Waals surface area contributed by atoms with Gasteiger partial charge in [0.2, 0.25) is 23.7 Å². The summed E-state index contributed by atoms with van der Waals surface area (Å²) < 4.78 is 3.60. The van der Waals surface area contributed by atoms with Gasteiger partial charge < -0.3 is 25.5 Å². The summed E-state index contributed by atoms with van der Waals surface area (Å²) in [5, 5.41) is 15.6. The molecule has 6 heterocycles. The molecular weight excluding hydrogens is 768 g/mol. The normalized spacial score (nSPS) is 16.6. The van der Waals surface area contributed by atoms with Crippen LogP contribution in [0.5, 0.6) is 0 Å². The molecule has 1 aromatic carbocycles. The lowest BCUT2D eigenvalue weighted by Crippen LogP contribution is -2.43. The Morgan fingerprint density at radius 1 is 0.712 bits per heavy atom. The van der Waals surface area contributed by atoms with Gasteiger partial charge >= 0.3 is 0 Å². The number of hydrogen-bond donors (Lipinski definition) is 3. The van der Waals surface area contributed by atoms with E-state index in [1.165, 1.54) is 0 Å². The van der Waals surface area contributed by atoms with Crippen LogP contribution in [0.15, 0.2) is 73.8 Å². The van der Waals surface area contributed by atoms with Crippen LogP contribution in [0, 0.1) is 13.8 Å². The summed E-state index contributed by atoms with van der Waals surface area (Å²) in [5.41, 5.74) is 2.95. The van der Waals surface area contributed by atoms with Crippen molar-refractivity contribution in [2.45, 2.75) is 103 Å². The first-order valence-corrected chi connectivity index (χ1v) is 21.2. The first-order chi connectivity index (χ1) is 28.7. The number of carbonyl (C=O) groups is 2. The number of aliphatic hydroxyl groups is 1. The first kappa shape index (κ1) is 43.2. The van der Waals surface area contributed by atoms with Gasteiger partial charge in [-0.25, -0.2) is 19.9 Å². The number of hydrogen-bond acceptors (Lipinski definition) is 11. The van der Waals surface area contributed by atoms with Gasteiger partial charge in [0.15, 0.2) is 0 Å². The molecule has 59 heavy (non-hydrogen) atoms. The molecule has 16 heteroatoms. The number of benzene rings is 1. The molecule has 2 amide bonds. The number of halogens is 1. The van der Waals surface area contributed by atoms with Crippen molar-refractivity contribution >= 4 is 35.1 Å². The van der Waals surface area contributed by atoms with E-state index in [1.807, 2.05) is 62.6 Å². The van der Waals surface area contributed by atoms with Crippen LogP contribution in [0.25, 0.3) is 11.9 Å². The summed E-state index contributed by atoms with van der Waals surface area (Å²) in [7, 11) is 0. The third kappa shape index (κ3) is 13.0. The minimum Gasteiger partial charge on any atom is -0.396 e. The van der Waals surface area contributed by atoms with E-state index in [0.717, 1.165) is 111 Å². The lowest BCUT2D eigenvalue weighted by Gasteiger charge is -2.36. The number of aromatic nitrogens is 8. The van der Waals surface area contributed by atoms with Gasteiger partial charge in [-0.15, -0.1) is 0 Å². The Morgan fingerprint density at radius 3 is 1.73 bits per heavy atom. The Hall–Kier alpha value is -5.41. The van der Waals surface area contributed by atoms with Gasteiger partial charge in [-0.3, -0.25) is 18.7 Å². The summed E-state index contributed by atoms with van der Waals surface area (Å²) in [6.07, 6.45) is 21.2. The van der Waals surface area contributed by atoms with E-state index < -0.39 is 0 Å². The van der Waals surface area contributed by atoms with Crippen LogP contribution in [0.2, 0.25) is 5.02 Å². The Balaban J connectivity index is 0.000000199. The average molecular weight is 825 g/mol. The van der Waals surface area contributed by atoms with Gasteiger partial charge in [0.1, 0.15) is 24.3 Å². The number of aryl methyl sites for hydroxylation is 2. The number of piperidine rings is 2. The highest BCUT2D eigenvalue weighted by Gasteiger charge is 2.28. The highest BCUT2D eigenvalue weighted by atomic mass is 35.5. The second-order valence-electron chi connectivity index (χ2n) is 15.2. The minimum absolute atomic E-state index is 0.0754. The standard InChI is InChI=1S/C23H27ClN6O.C20H30N6O2/c1-17-14-21(28-23(27-17)29-13-11-25-16-29)30-12-3-2-4-20(30)15-22(31)26-10-9-18-5-7-19(24)8-6-18;1-16-13-18(24-20(23-16)25-11-9-21-15-25)26-10-5-3-7-17(26)14-19(28)22-8-4-2-6-12-27/h5-8,11,13-14,16,20H,2-4,9-10,12,15H2,1H3,(H,26,31);9,11,13,15,17,27H,2-8,10,12,14H2,1H3,(H,22,28). The fourth-order valence-corrected chi connectivity index (χ4v) is 7.72. The maximum absolute atomic E-state index is 12.6. The number of nitrogens with one attached hydrogen (secondary N) is 2. The van der Waals surface area contributed by atoms with Crippen molar-refractivity contribution in [1.82, 2.24) is 49.7 Å². The average Bonchev–Trinajstić information content (AvgIpc) is 3.98. The zero-order valence-corrected chi connectivity index (χ0v) is 35.0. The Bertz CT molecular complexity index is 2050. The maximum Gasteiger partial charge on any atom is 0.237 e. The Labute approximate surface area is 351 Å². The van der Waals surface area contributed by atoms with E-state index in [0.29, 0.717) is 37.8 Å². The zero-order valence-electron chi connectivity index (χ0n) is 34.2. The highest BCUT2D eigenvalue weighted by molar-refractivity contribution is 6.30. The first-order valence-electron chi connectivity index (χ1n) is 20.9. The van der Waals surface area contributed by atoms with Gasteiger partial charge in [-0.05, 0) is 95.8 Å². The molecule has 2 aliphatic rings. The number of amides is 2. The molecule has 7 rings (SSSR count). The second kappa shape index (κ2) is 22.1. The predicted molar refractivity (Wildman–Crippen MR) is 229 cm³/mol. The molecule has 2 fully saturated rings. The van der Waals surface area contributed by atoms with Crippen molar-refractivity contribution in [3.05, 3.63) is 95.8 Å². The minimum atomic E-state index is 0.0754. The quantitative estimate of drug-likeness (QED) is 0.104. The molecule has 314 valence electrons. The van der Waals surface area contributed by atoms with Gasteiger partial charge in [-0.2, -0.15) is 9.97 Å². The SMILES string of the molecule is Cc1cc(N2CCCCC2CC(=O)NCCCCCO)nc(-n2ccnc2)n1.Cc1cc(N2CCCCC2CC(=O)NCCc2ccc(Cl)cc2)nc(-n2ccnc2)n1. The van der Waals surface area contributed by atoms with E-state index in [4.69, 9.17) is 26.7 Å². The van der Waals surface area contributed by atoms with E-state index in [1.54, 1.807) is 34.2 Å². The molecule has 0 saturated carbocycles. The van der Waals surface area contributed by atoms with Gasteiger partial charge in [0.25, 0.3) is 0 Å². The lowest BCUT2D eigenvalue weighted by atomic mass is 9.99. The van der Waals surface area contributed by atoms with Crippen LogP contribution < -0.4 is 20.4 Å². The molecule has 0 radical (unpaired) electrons. The van der Waals surface area contributed by atoms with Crippen molar-refractivity contribution in [2.75, 3.05) is 42.6 Å². The number of aliphatic hydroxyl groups excluding tert-OH is 1. The summed E-state index contributed by atoms with van der Waals surface area (Å²) in [5.74, 6) is 3.11. The predicted octanol–water partition coefficient (Wildman–Crippen LogP) is 5.73. The monoisotopic (exact) mass is 824 g/mol. The van der Waals surface area contributed by atoms with Crippen molar-refractivity contribution in [1.29, 1.82) is 0 Å². The van der Waals surface area contributed by atoms with Crippen LogP contribution in [0.4, 0.5) is 11.6 Å². The number of carbonyl (C=O) groups excluding carboxylic acids is 2. The molecule has 5 aromatic rings. The zero-order chi connectivity index (χ0) is 41.4. The molecule has 4 aromatic heterocycles. The Morgan fingerprint density at radius 2 is 1.24 bits per heavy atom.